The number of hydrogen-bond acceptors (Lipinski definition) is 24. The summed E-state index contributed by atoms with van der Waals surface area (Å²) in [5.41, 5.74) is 6.90. The molecule has 0 aliphatic carbocycles. The van der Waals surface area contributed by atoms with E-state index < -0.39 is 46.5 Å². The number of ether oxygens (including phenoxy) is 1. The molecule has 5 atom stereocenters. The minimum atomic E-state index is -0.581. The molecule has 5 aliphatic rings. The normalized spacial score (nSPS) is 17.3. The van der Waals surface area contributed by atoms with E-state index in [4.69, 9.17) is 9.15 Å². The van der Waals surface area contributed by atoms with Crippen LogP contribution < -0.4 is 40.9 Å². The molecule has 620 valence electrons. The predicted molar refractivity (Wildman–Crippen MR) is 440 cm³/mol. The molecular formula is C86H78F8N26O2. The van der Waals surface area contributed by atoms with E-state index in [1.807, 2.05) is 86.3 Å². The first-order chi connectivity index (χ1) is 59.7. The van der Waals surface area contributed by atoms with Crippen molar-refractivity contribution in [1.82, 2.24) is 90.6 Å². The van der Waals surface area contributed by atoms with E-state index in [2.05, 4.69) is 112 Å². The zero-order valence-corrected chi connectivity index (χ0v) is 65.1. The molecule has 0 radical (unpaired) electrons. The Bertz CT molecular complexity index is 5850. The average molecular weight is 1660 g/mol. The number of rotatable bonds is 20. The molecule has 0 spiro atoms. The van der Waals surface area contributed by atoms with Crippen molar-refractivity contribution in [2.45, 2.75) is 94.5 Å². The number of anilines is 12. The Morgan fingerprint density at radius 1 is 0.344 bits per heavy atom. The SMILES string of the molecule is Fc1ccc(C2CCCN2c2cc(Nc3cc(-c4ccccn4)[nH]n3)ncn2)c(F)c1.Fc1ccc(C2CCCN2c2cc(Nc3cc(-c4cccnc4)[nH]n3)ncn2)c(F)c1.Fc1ccc(C2CCCN2c2cc(Nc3cc(-c4ccco4)[nH]n3)ncn2)c(F)c1.Fc1ccc(C2CCCN2c2cc(Nc3cc(C4CCCO4)[nH]n3)ncn2)c(F)c1. The molecule has 4 aromatic carbocycles. The number of halogens is 8. The Hall–Kier alpha value is -14.6. The molecule has 11 aromatic heterocycles. The van der Waals surface area contributed by atoms with E-state index in [0.29, 0.717) is 97.8 Å². The van der Waals surface area contributed by atoms with Crippen molar-refractivity contribution in [2.75, 3.05) is 73.7 Å². The van der Waals surface area contributed by atoms with Crippen LogP contribution in [-0.2, 0) is 4.74 Å². The van der Waals surface area contributed by atoms with E-state index in [0.717, 1.165) is 155 Å². The minimum Gasteiger partial charge on any atom is -0.463 e. The standard InChI is InChI=1S/2C22H19F2N7.C21H22F2N6O.C21H18F2N6O/c23-15-5-6-16(17(24)9-15)19-4-2-8-31(19)22-11-20(26-13-27-22)28-21-10-18(29-30-21)14-3-1-7-25-12-14;23-14-6-7-15(16(24)10-14)19-5-3-9-31(19)22-12-20(26-13-27-22)28-21-11-18(29-30-21)17-4-1-2-8-25-17;2*22-13-5-6-14(15(23)9-13)17-3-1-7-29(17)21-11-19(24-12-25-21)26-20-10-16(27-28-20)18-4-2-8-30-18/h1,3,5-7,9-13,19H,2,4,8H2,(H2,26,27,28,29,30);1-2,4,6-8,10-13,19H,3,5,9H2,(H2,26,27,28,29,30);5-6,9-12,17-18H,1-4,7-8H2,(H2,24,25,26,27,28);2,4-6,8-12,17H,1,3,7H2,(H2,24,25,26,27,28). The van der Waals surface area contributed by atoms with Gasteiger partial charge in [0, 0.05) is 152 Å². The van der Waals surface area contributed by atoms with Crippen LogP contribution in [0.5, 0.6) is 0 Å². The monoisotopic (exact) mass is 1660 g/mol. The van der Waals surface area contributed by atoms with Crippen molar-refractivity contribution < 1.29 is 44.3 Å². The van der Waals surface area contributed by atoms with E-state index in [9.17, 15) is 35.1 Å². The summed E-state index contributed by atoms with van der Waals surface area (Å²) in [6.45, 7) is 3.69. The van der Waals surface area contributed by atoms with Gasteiger partial charge in [0.05, 0.1) is 59.3 Å². The summed E-state index contributed by atoms with van der Waals surface area (Å²) >= 11 is 0. The van der Waals surface area contributed by atoms with Gasteiger partial charge in [-0.05, 0) is 125 Å². The van der Waals surface area contributed by atoms with Crippen LogP contribution >= 0.6 is 0 Å². The van der Waals surface area contributed by atoms with Crippen LogP contribution in [0, 0.1) is 46.5 Å². The van der Waals surface area contributed by atoms with Gasteiger partial charge in [0.1, 0.15) is 124 Å². The molecule has 0 saturated carbocycles. The molecule has 0 bridgehead atoms. The molecule has 15 aromatic rings. The lowest BCUT2D eigenvalue weighted by Gasteiger charge is -2.26. The highest BCUT2D eigenvalue weighted by molar-refractivity contribution is 5.68. The van der Waals surface area contributed by atoms with Crippen LogP contribution in [0.25, 0.3) is 34.1 Å². The first-order valence-corrected chi connectivity index (χ1v) is 39.6. The Labute approximate surface area is 692 Å². The lowest BCUT2D eigenvalue weighted by Crippen LogP contribution is -2.24. The van der Waals surface area contributed by atoms with Crippen LogP contribution in [0.3, 0.4) is 0 Å². The van der Waals surface area contributed by atoms with Crippen molar-refractivity contribution >= 4 is 69.8 Å². The zero-order chi connectivity index (χ0) is 83.4. The number of H-pyrrole nitrogens is 4. The summed E-state index contributed by atoms with van der Waals surface area (Å²) in [4.78, 5) is 51.1. The molecule has 5 unspecified atom stereocenters. The fourth-order valence-electron chi connectivity index (χ4n) is 15.8. The highest BCUT2D eigenvalue weighted by Crippen LogP contribution is 2.43. The highest BCUT2D eigenvalue weighted by atomic mass is 19.2. The van der Waals surface area contributed by atoms with Gasteiger partial charge in [-0.2, -0.15) is 20.4 Å². The maximum absolute atomic E-state index is 14.4. The second-order valence-corrected chi connectivity index (χ2v) is 29.3. The Balaban J connectivity index is 0.000000116. The summed E-state index contributed by atoms with van der Waals surface area (Å²) in [5.74, 6) is 3.62. The molecule has 36 heteroatoms. The Morgan fingerprint density at radius 3 is 1.14 bits per heavy atom. The van der Waals surface area contributed by atoms with Gasteiger partial charge in [-0.15, -0.1) is 0 Å². The molecule has 5 saturated heterocycles. The molecule has 16 heterocycles. The number of pyridine rings is 2. The van der Waals surface area contributed by atoms with Gasteiger partial charge in [-0.3, -0.25) is 30.4 Å². The lowest BCUT2D eigenvalue weighted by molar-refractivity contribution is 0.108. The molecule has 8 N–H and O–H groups in total. The van der Waals surface area contributed by atoms with Crippen molar-refractivity contribution in [1.29, 1.82) is 0 Å². The second kappa shape index (κ2) is 36.7. The second-order valence-electron chi connectivity index (χ2n) is 29.3. The quantitative estimate of drug-likeness (QED) is 0.0329. The number of furan rings is 1. The van der Waals surface area contributed by atoms with Crippen LogP contribution in [-0.4, -0.2) is 123 Å². The highest BCUT2D eigenvalue weighted by Gasteiger charge is 2.35. The lowest BCUT2D eigenvalue weighted by atomic mass is 10.0. The van der Waals surface area contributed by atoms with Gasteiger partial charge in [-0.25, -0.2) is 75.0 Å². The first-order valence-electron chi connectivity index (χ1n) is 39.6. The van der Waals surface area contributed by atoms with Crippen molar-refractivity contribution in [3.8, 4) is 34.1 Å². The molecular weight excluding hydrogens is 1580 g/mol. The molecule has 5 aliphatic heterocycles. The largest absolute Gasteiger partial charge is 0.463 e. The molecule has 28 nitrogen and oxygen atoms in total. The first kappa shape index (κ1) is 79.9. The zero-order valence-electron chi connectivity index (χ0n) is 65.1. The molecule has 122 heavy (non-hydrogen) atoms. The van der Waals surface area contributed by atoms with E-state index in [1.54, 1.807) is 49.1 Å². The smallest absolute Gasteiger partial charge is 0.154 e. The van der Waals surface area contributed by atoms with E-state index in [1.165, 1.54) is 73.8 Å². The van der Waals surface area contributed by atoms with Crippen molar-refractivity contribution in [3.05, 3.63) is 288 Å². The number of aromatic nitrogens is 18. The van der Waals surface area contributed by atoms with Gasteiger partial charge in [0.2, 0.25) is 0 Å². The molecule has 0 amide bonds. The van der Waals surface area contributed by atoms with Gasteiger partial charge in [0.25, 0.3) is 0 Å². The van der Waals surface area contributed by atoms with Gasteiger partial charge in [-0.1, -0.05) is 30.3 Å². The van der Waals surface area contributed by atoms with Gasteiger partial charge >= 0.3 is 0 Å². The maximum Gasteiger partial charge on any atom is 0.154 e. The topological polar surface area (TPSA) is 327 Å². The summed E-state index contributed by atoms with van der Waals surface area (Å²) in [5, 5.41) is 41.5. The summed E-state index contributed by atoms with van der Waals surface area (Å²) < 4.78 is 122. The average Bonchev–Trinajstić information content (AvgIpc) is 1.51. The molecule has 20 rings (SSSR count). The fraction of sp³-hybridized carbons (Fsp3) is 0.233. The number of aromatic amines is 4. The third-order valence-electron chi connectivity index (χ3n) is 21.4. The number of hydrogen-bond donors (Lipinski definition) is 8. The third kappa shape index (κ3) is 18.8. The van der Waals surface area contributed by atoms with Crippen LogP contribution in [0.15, 0.2) is 218 Å². The fourth-order valence-corrected chi connectivity index (χ4v) is 15.8. The molecule has 5 fully saturated rings. The van der Waals surface area contributed by atoms with Crippen LogP contribution in [0.2, 0.25) is 0 Å². The summed E-state index contributed by atoms with van der Waals surface area (Å²) in [7, 11) is 0. The minimum absolute atomic E-state index is 0.0602. The number of nitrogens with one attached hydrogen (secondary N) is 8. The summed E-state index contributed by atoms with van der Waals surface area (Å²) in [6.07, 6.45) is 21.4. The van der Waals surface area contributed by atoms with Crippen LogP contribution in [0.4, 0.5) is 105 Å². The van der Waals surface area contributed by atoms with E-state index >= 15 is 0 Å². The summed E-state index contributed by atoms with van der Waals surface area (Å²) in [6, 6.07) is 41.9. The predicted octanol–water partition coefficient (Wildman–Crippen LogP) is 18.5. The third-order valence-corrected chi connectivity index (χ3v) is 21.4. The Kier molecular flexibility index (Phi) is 24.1. The van der Waals surface area contributed by atoms with Crippen LogP contribution in [0.1, 0.15) is 122 Å². The van der Waals surface area contributed by atoms with E-state index in [-0.39, 0.29) is 30.3 Å². The Morgan fingerprint density at radius 2 is 0.754 bits per heavy atom. The van der Waals surface area contributed by atoms with Crippen molar-refractivity contribution in [3.63, 3.8) is 0 Å². The maximum atomic E-state index is 14.4. The number of benzene rings is 4. The number of nitrogens with zero attached hydrogens (tertiary/aromatic N) is 18. The van der Waals surface area contributed by atoms with Gasteiger partial charge in [0.15, 0.2) is 29.0 Å². The van der Waals surface area contributed by atoms with Crippen molar-refractivity contribution in [2.24, 2.45) is 0 Å². The van der Waals surface area contributed by atoms with Gasteiger partial charge < -0.3 is 50.0 Å².